The molecule has 0 N–H and O–H groups in total. The molecule has 286 valence electrons. The zero-order chi connectivity index (χ0) is 40.3. The Morgan fingerprint density at radius 1 is 0.344 bits per heavy atom. The number of aromatic nitrogens is 1. The zero-order valence-corrected chi connectivity index (χ0v) is 33.2. The van der Waals surface area contributed by atoms with Gasteiger partial charge in [0, 0.05) is 49.7 Å². The smallest absolute Gasteiger partial charge is 0.136 e. The summed E-state index contributed by atoms with van der Waals surface area (Å²) in [7, 11) is 0. The van der Waals surface area contributed by atoms with Crippen molar-refractivity contribution in [1.82, 2.24) is 4.57 Å². The quantitative estimate of drug-likeness (QED) is 0.161. The first-order valence-corrected chi connectivity index (χ1v) is 20.8. The molecule has 0 atom stereocenters. The van der Waals surface area contributed by atoms with Gasteiger partial charge in [-0.2, -0.15) is 0 Å². The van der Waals surface area contributed by atoms with Crippen molar-refractivity contribution in [3.63, 3.8) is 0 Å². The van der Waals surface area contributed by atoms with Crippen LogP contribution in [-0.4, -0.2) is 4.57 Å². The van der Waals surface area contributed by atoms with Gasteiger partial charge in [-0.25, -0.2) is 0 Å². The molecule has 0 radical (unpaired) electrons. The Morgan fingerprint density at radius 3 is 1.52 bits per heavy atom. The van der Waals surface area contributed by atoms with Crippen LogP contribution in [0.15, 0.2) is 235 Å². The Bertz CT molecular complexity index is 3470. The van der Waals surface area contributed by atoms with Crippen LogP contribution in [0.3, 0.4) is 0 Å². The molecule has 0 amide bonds. The van der Waals surface area contributed by atoms with E-state index in [1.165, 1.54) is 54.9 Å². The average molecular weight is 779 g/mol. The maximum atomic E-state index is 6.46. The van der Waals surface area contributed by atoms with Crippen molar-refractivity contribution >= 4 is 71.6 Å². The number of furan rings is 1. The molecule has 10 aromatic carbocycles. The summed E-state index contributed by atoms with van der Waals surface area (Å²) in [5.74, 6) is 0. The molecule has 0 unspecified atom stereocenters. The van der Waals surface area contributed by atoms with Crippen molar-refractivity contribution in [2.45, 2.75) is 0 Å². The van der Waals surface area contributed by atoms with Gasteiger partial charge in [0.05, 0.1) is 11.0 Å². The van der Waals surface area contributed by atoms with E-state index < -0.39 is 0 Å². The summed E-state index contributed by atoms with van der Waals surface area (Å²) < 4.78 is 8.92. The van der Waals surface area contributed by atoms with Crippen molar-refractivity contribution in [2.75, 3.05) is 4.90 Å². The lowest BCUT2D eigenvalue weighted by atomic mass is 9.94. The lowest BCUT2D eigenvalue weighted by molar-refractivity contribution is 0.669. The highest BCUT2D eigenvalue weighted by Gasteiger charge is 2.22. The van der Waals surface area contributed by atoms with Crippen LogP contribution in [0, 0.1) is 0 Å². The van der Waals surface area contributed by atoms with Crippen LogP contribution in [0.25, 0.3) is 93.6 Å². The standard InChI is InChI=1S/C58H38N2O/c1-4-14-39(15-5-1)41-24-29-46(30-25-41)59(47-31-26-42(27-32-47)40-16-6-2-7-17-40)48-33-35-52-54(38-48)60(45-19-8-3-9-20-45)58-49-21-11-10-18-43(49)36-53(57(52)58)44-28-34-51-50-22-12-13-23-55(50)61-56(51)37-44/h1-38H. The van der Waals surface area contributed by atoms with E-state index >= 15 is 0 Å². The van der Waals surface area contributed by atoms with Gasteiger partial charge in [0.15, 0.2) is 0 Å². The van der Waals surface area contributed by atoms with Gasteiger partial charge in [-0.1, -0.05) is 158 Å². The van der Waals surface area contributed by atoms with Gasteiger partial charge >= 0.3 is 0 Å². The Morgan fingerprint density at radius 2 is 0.852 bits per heavy atom. The molecule has 2 heterocycles. The predicted molar refractivity (Wildman–Crippen MR) is 257 cm³/mol. The first kappa shape index (κ1) is 34.9. The van der Waals surface area contributed by atoms with Crippen LogP contribution in [0.5, 0.6) is 0 Å². The topological polar surface area (TPSA) is 21.3 Å². The van der Waals surface area contributed by atoms with Crippen molar-refractivity contribution in [1.29, 1.82) is 0 Å². The van der Waals surface area contributed by atoms with E-state index in [9.17, 15) is 0 Å². The lowest BCUT2D eigenvalue weighted by Crippen LogP contribution is -2.10. The summed E-state index contributed by atoms with van der Waals surface area (Å²) >= 11 is 0. The van der Waals surface area contributed by atoms with Crippen LogP contribution < -0.4 is 4.90 Å². The maximum absolute atomic E-state index is 6.46. The molecule has 0 saturated heterocycles. The fourth-order valence-electron chi connectivity index (χ4n) is 9.29. The minimum absolute atomic E-state index is 0.890. The Labute approximate surface area is 353 Å². The van der Waals surface area contributed by atoms with Crippen LogP contribution in [0.4, 0.5) is 17.1 Å². The van der Waals surface area contributed by atoms with Crippen molar-refractivity contribution in [3.05, 3.63) is 231 Å². The van der Waals surface area contributed by atoms with Gasteiger partial charge in [-0.3, -0.25) is 0 Å². The molecule has 0 fully saturated rings. The zero-order valence-electron chi connectivity index (χ0n) is 33.2. The second kappa shape index (κ2) is 14.3. The summed E-state index contributed by atoms with van der Waals surface area (Å²) in [4.78, 5) is 2.38. The Kier molecular flexibility index (Phi) is 8.17. The third kappa shape index (κ3) is 5.90. The van der Waals surface area contributed by atoms with E-state index in [4.69, 9.17) is 4.42 Å². The molecule has 12 rings (SSSR count). The predicted octanol–water partition coefficient (Wildman–Crippen LogP) is 16.3. The fourth-order valence-corrected chi connectivity index (χ4v) is 9.29. The van der Waals surface area contributed by atoms with Gasteiger partial charge in [0.25, 0.3) is 0 Å². The number of nitrogens with zero attached hydrogens (tertiary/aromatic N) is 2. The summed E-state index contributed by atoms with van der Waals surface area (Å²) in [6, 6.07) is 83.0. The minimum atomic E-state index is 0.890. The lowest BCUT2D eigenvalue weighted by Gasteiger charge is -2.26. The number of hydrogen-bond donors (Lipinski definition) is 0. The van der Waals surface area contributed by atoms with Crippen LogP contribution >= 0.6 is 0 Å². The SMILES string of the molecule is c1ccc(-c2ccc(N(c3ccc(-c4ccccc4)cc3)c3ccc4c5c(-c6ccc7c(c6)oc6ccccc67)cc6ccccc6c5n(-c5ccccc5)c4c3)cc2)cc1. The second-order valence-corrected chi connectivity index (χ2v) is 15.7. The molecule has 2 aromatic heterocycles. The molecule has 0 aliphatic heterocycles. The molecule has 0 saturated carbocycles. The van der Waals surface area contributed by atoms with Crippen LogP contribution in [0.2, 0.25) is 0 Å². The summed E-state index contributed by atoms with van der Waals surface area (Å²) in [6.07, 6.45) is 0. The van der Waals surface area contributed by atoms with E-state index in [2.05, 4.69) is 228 Å². The number of fused-ring (bicyclic) bond motifs is 8. The highest BCUT2D eigenvalue weighted by Crippen LogP contribution is 2.46. The number of para-hydroxylation sites is 2. The normalized spacial score (nSPS) is 11.6. The molecule has 0 bridgehead atoms. The monoisotopic (exact) mass is 778 g/mol. The maximum Gasteiger partial charge on any atom is 0.136 e. The molecular weight excluding hydrogens is 741 g/mol. The van der Waals surface area contributed by atoms with Gasteiger partial charge in [-0.15, -0.1) is 0 Å². The van der Waals surface area contributed by atoms with Gasteiger partial charge in [-0.05, 0) is 112 Å². The van der Waals surface area contributed by atoms with Crippen LogP contribution in [-0.2, 0) is 0 Å². The van der Waals surface area contributed by atoms with E-state index in [0.29, 0.717) is 0 Å². The largest absolute Gasteiger partial charge is 0.456 e. The number of anilines is 3. The van der Waals surface area contributed by atoms with E-state index in [1.807, 2.05) is 12.1 Å². The Balaban J connectivity index is 1.11. The number of benzene rings is 10. The van der Waals surface area contributed by atoms with Crippen molar-refractivity contribution in [2.24, 2.45) is 0 Å². The van der Waals surface area contributed by atoms with E-state index in [-0.39, 0.29) is 0 Å². The average Bonchev–Trinajstić information content (AvgIpc) is 3.88. The molecule has 0 aliphatic carbocycles. The molecule has 3 heteroatoms. The molecule has 0 aliphatic rings. The van der Waals surface area contributed by atoms with Crippen LogP contribution in [0.1, 0.15) is 0 Å². The highest BCUT2D eigenvalue weighted by molar-refractivity contribution is 6.25. The number of rotatable bonds is 7. The van der Waals surface area contributed by atoms with Gasteiger partial charge in [0.1, 0.15) is 11.2 Å². The third-order valence-corrected chi connectivity index (χ3v) is 12.2. The summed E-state index contributed by atoms with van der Waals surface area (Å²) in [6.45, 7) is 0. The fraction of sp³-hybridized carbons (Fsp3) is 0. The number of hydrogen-bond acceptors (Lipinski definition) is 2. The van der Waals surface area contributed by atoms with Crippen molar-refractivity contribution in [3.8, 4) is 39.1 Å². The highest BCUT2D eigenvalue weighted by atomic mass is 16.3. The minimum Gasteiger partial charge on any atom is -0.456 e. The molecule has 12 aromatic rings. The van der Waals surface area contributed by atoms with Gasteiger partial charge < -0.3 is 13.9 Å². The summed E-state index contributed by atoms with van der Waals surface area (Å²) in [5, 5.41) is 7.06. The second-order valence-electron chi connectivity index (χ2n) is 15.7. The molecule has 0 spiro atoms. The third-order valence-electron chi connectivity index (χ3n) is 12.2. The molecule has 61 heavy (non-hydrogen) atoms. The first-order chi connectivity index (χ1) is 30.2. The van der Waals surface area contributed by atoms with E-state index in [0.717, 1.165) is 55.8 Å². The van der Waals surface area contributed by atoms with E-state index in [1.54, 1.807) is 0 Å². The van der Waals surface area contributed by atoms with Gasteiger partial charge in [0.2, 0.25) is 0 Å². The molecular formula is C58H38N2O. The van der Waals surface area contributed by atoms with Crippen molar-refractivity contribution < 1.29 is 4.42 Å². The first-order valence-electron chi connectivity index (χ1n) is 20.8. The Hall–Kier alpha value is -8.14. The molecule has 3 nitrogen and oxygen atoms in total. The summed E-state index contributed by atoms with van der Waals surface area (Å²) in [5.41, 5.74) is 15.5.